The topological polar surface area (TPSA) is 38.7 Å². The Labute approximate surface area is 89.6 Å². The third-order valence-corrected chi connectivity index (χ3v) is 2.72. The molecule has 0 unspecified atom stereocenters. The van der Waals surface area contributed by atoms with Gasteiger partial charge in [0.25, 0.3) is 0 Å². The number of ether oxygens (including phenoxy) is 2. The quantitative estimate of drug-likeness (QED) is 0.810. The number of phenols is 1. The third kappa shape index (κ3) is 2.42. The van der Waals surface area contributed by atoms with Gasteiger partial charge in [0.15, 0.2) is 0 Å². The van der Waals surface area contributed by atoms with E-state index in [1.807, 2.05) is 13.0 Å². The first-order valence-corrected chi connectivity index (χ1v) is 5.30. The number of phenolic OH excluding ortho intramolecular Hbond substituents is 1. The summed E-state index contributed by atoms with van der Waals surface area (Å²) < 4.78 is 11.1. The highest BCUT2D eigenvalue weighted by atomic mass is 16.5. The molecule has 3 nitrogen and oxygen atoms in total. The summed E-state index contributed by atoms with van der Waals surface area (Å²) in [5.41, 5.74) is 0.809. The average molecular weight is 208 g/mol. The van der Waals surface area contributed by atoms with Crippen molar-refractivity contribution in [1.82, 2.24) is 0 Å². The minimum atomic E-state index is 0.222. The van der Waals surface area contributed by atoms with Crippen molar-refractivity contribution in [2.45, 2.75) is 25.9 Å². The van der Waals surface area contributed by atoms with E-state index in [9.17, 15) is 5.11 Å². The van der Waals surface area contributed by atoms with Gasteiger partial charge in [-0.2, -0.15) is 0 Å². The van der Waals surface area contributed by atoms with Crippen molar-refractivity contribution in [2.75, 3.05) is 13.2 Å². The van der Waals surface area contributed by atoms with Crippen LogP contribution in [0.3, 0.4) is 0 Å². The summed E-state index contributed by atoms with van der Waals surface area (Å²) in [5, 5.41) is 9.52. The highest BCUT2D eigenvalue weighted by Gasteiger charge is 2.16. The molecule has 0 bridgehead atoms. The summed E-state index contributed by atoms with van der Waals surface area (Å²) in [6.07, 6.45) is 2.07. The van der Waals surface area contributed by atoms with Crippen molar-refractivity contribution in [3.8, 4) is 11.5 Å². The van der Waals surface area contributed by atoms with Gasteiger partial charge >= 0.3 is 0 Å². The van der Waals surface area contributed by atoms with E-state index in [1.54, 1.807) is 12.1 Å². The van der Waals surface area contributed by atoms with Gasteiger partial charge in [-0.3, -0.25) is 0 Å². The molecule has 0 radical (unpaired) electrons. The Kier molecular flexibility index (Phi) is 3.11. The molecule has 1 aromatic carbocycles. The fraction of sp³-hybridized carbons (Fsp3) is 0.500. The summed E-state index contributed by atoms with van der Waals surface area (Å²) >= 11 is 0. The second-order valence-corrected chi connectivity index (χ2v) is 3.83. The Hall–Kier alpha value is -1.22. The molecule has 0 aromatic heterocycles. The molecule has 1 aromatic rings. The first kappa shape index (κ1) is 10.3. The van der Waals surface area contributed by atoms with Gasteiger partial charge in [0.2, 0.25) is 0 Å². The molecular weight excluding hydrogens is 192 g/mol. The first-order chi connectivity index (χ1) is 7.27. The molecule has 0 aliphatic carbocycles. The van der Waals surface area contributed by atoms with E-state index in [0.29, 0.717) is 5.75 Å². The van der Waals surface area contributed by atoms with Gasteiger partial charge in [0.05, 0.1) is 13.2 Å². The molecule has 0 spiro atoms. The fourth-order valence-corrected chi connectivity index (χ4v) is 1.70. The van der Waals surface area contributed by atoms with E-state index in [1.165, 1.54) is 0 Å². The maximum atomic E-state index is 9.52. The highest BCUT2D eigenvalue weighted by molar-refractivity contribution is 5.42. The molecular formula is C12H16O3. The van der Waals surface area contributed by atoms with Crippen molar-refractivity contribution < 1.29 is 14.6 Å². The fourth-order valence-electron chi connectivity index (χ4n) is 1.70. The lowest BCUT2D eigenvalue weighted by Gasteiger charge is -2.24. The minimum Gasteiger partial charge on any atom is -0.508 e. The number of hydrogen-bond donors (Lipinski definition) is 1. The van der Waals surface area contributed by atoms with Crippen LogP contribution in [0.1, 0.15) is 18.4 Å². The van der Waals surface area contributed by atoms with Gasteiger partial charge in [0, 0.05) is 18.4 Å². The van der Waals surface area contributed by atoms with Gasteiger partial charge in [0.1, 0.15) is 17.6 Å². The Morgan fingerprint density at radius 1 is 1.33 bits per heavy atom. The normalized spacial score (nSPS) is 17.7. The monoisotopic (exact) mass is 208 g/mol. The number of aromatic hydroxyl groups is 1. The first-order valence-electron chi connectivity index (χ1n) is 5.30. The Balaban J connectivity index is 2.06. The molecule has 1 aliphatic rings. The summed E-state index contributed by atoms with van der Waals surface area (Å²) in [6, 6.07) is 5.37. The van der Waals surface area contributed by atoms with E-state index in [4.69, 9.17) is 9.47 Å². The van der Waals surface area contributed by atoms with Crippen LogP contribution in [0.4, 0.5) is 0 Å². The predicted molar refractivity (Wildman–Crippen MR) is 57.3 cm³/mol. The zero-order chi connectivity index (χ0) is 10.7. The molecule has 1 aliphatic heterocycles. The van der Waals surface area contributed by atoms with E-state index in [2.05, 4.69) is 0 Å². The molecule has 3 heteroatoms. The van der Waals surface area contributed by atoms with Gasteiger partial charge < -0.3 is 14.6 Å². The minimum absolute atomic E-state index is 0.222. The molecule has 1 heterocycles. The largest absolute Gasteiger partial charge is 0.508 e. The molecule has 0 amide bonds. The number of hydrogen-bond acceptors (Lipinski definition) is 3. The molecule has 82 valence electrons. The lowest BCUT2D eigenvalue weighted by Crippen LogP contribution is -2.26. The lowest BCUT2D eigenvalue weighted by atomic mass is 10.1. The third-order valence-electron chi connectivity index (χ3n) is 2.72. The summed E-state index contributed by atoms with van der Waals surface area (Å²) in [6.45, 7) is 3.40. The van der Waals surface area contributed by atoms with Crippen LogP contribution in [0.25, 0.3) is 0 Å². The van der Waals surface area contributed by atoms with Crippen LogP contribution in [0.5, 0.6) is 11.5 Å². The van der Waals surface area contributed by atoms with Crippen LogP contribution in [0, 0.1) is 6.92 Å². The highest BCUT2D eigenvalue weighted by Crippen LogP contribution is 2.28. The molecule has 1 saturated heterocycles. The molecule has 2 rings (SSSR count). The standard InChI is InChI=1S/C12H16O3/c1-9-11(13)3-2-4-12(9)15-10-5-7-14-8-6-10/h2-4,10,13H,5-8H2,1H3. The van der Waals surface area contributed by atoms with Gasteiger partial charge in [-0.15, -0.1) is 0 Å². The maximum Gasteiger partial charge on any atom is 0.126 e. The Morgan fingerprint density at radius 2 is 2.07 bits per heavy atom. The van der Waals surface area contributed by atoms with Gasteiger partial charge in [-0.05, 0) is 19.1 Å². The van der Waals surface area contributed by atoms with Crippen LogP contribution in [-0.2, 0) is 4.74 Å². The molecule has 1 N–H and O–H groups in total. The van der Waals surface area contributed by atoms with Crippen molar-refractivity contribution >= 4 is 0 Å². The number of rotatable bonds is 2. The smallest absolute Gasteiger partial charge is 0.126 e. The van der Waals surface area contributed by atoms with E-state index in [0.717, 1.165) is 37.4 Å². The lowest BCUT2D eigenvalue weighted by molar-refractivity contribution is 0.0252. The van der Waals surface area contributed by atoms with E-state index >= 15 is 0 Å². The summed E-state index contributed by atoms with van der Waals surface area (Å²) in [4.78, 5) is 0. The van der Waals surface area contributed by atoms with E-state index < -0.39 is 0 Å². The van der Waals surface area contributed by atoms with Crippen molar-refractivity contribution in [2.24, 2.45) is 0 Å². The Morgan fingerprint density at radius 3 is 2.80 bits per heavy atom. The SMILES string of the molecule is Cc1c(O)cccc1OC1CCOCC1. The van der Waals surface area contributed by atoms with Crippen LogP contribution in [0.15, 0.2) is 18.2 Å². The summed E-state index contributed by atoms with van der Waals surface area (Å²) in [7, 11) is 0. The zero-order valence-corrected chi connectivity index (χ0v) is 8.90. The molecule has 0 atom stereocenters. The van der Waals surface area contributed by atoms with Gasteiger partial charge in [-0.25, -0.2) is 0 Å². The van der Waals surface area contributed by atoms with E-state index in [-0.39, 0.29) is 6.10 Å². The zero-order valence-electron chi connectivity index (χ0n) is 8.90. The van der Waals surface area contributed by atoms with Crippen molar-refractivity contribution in [3.63, 3.8) is 0 Å². The molecule has 15 heavy (non-hydrogen) atoms. The maximum absolute atomic E-state index is 9.52. The van der Waals surface area contributed by atoms with Gasteiger partial charge in [-0.1, -0.05) is 6.07 Å². The molecule has 1 fully saturated rings. The molecule has 0 saturated carbocycles. The predicted octanol–water partition coefficient (Wildman–Crippen LogP) is 2.26. The average Bonchev–Trinajstić information content (AvgIpc) is 2.26. The summed E-state index contributed by atoms with van der Waals surface area (Å²) in [5.74, 6) is 1.07. The second-order valence-electron chi connectivity index (χ2n) is 3.83. The second kappa shape index (κ2) is 4.53. The van der Waals surface area contributed by atoms with Crippen molar-refractivity contribution in [3.05, 3.63) is 23.8 Å². The number of benzene rings is 1. The van der Waals surface area contributed by atoms with Crippen LogP contribution in [0.2, 0.25) is 0 Å². The van der Waals surface area contributed by atoms with Crippen LogP contribution in [-0.4, -0.2) is 24.4 Å². The van der Waals surface area contributed by atoms with Crippen LogP contribution < -0.4 is 4.74 Å². The van der Waals surface area contributed by atoms with Crippen molar-refractivity contribution in [1.29, 1.82) is 0 Å². The Bertz CT molecular complexity index is 330. The van der Waals surface area contributed by atoms with Crippen LogP contribution >= 0.6 is 0 Å².